The lowest BCUT2D eigenvalue weighted by molar-refractivity contribution is -0.147. The van der Waals surface area contributed by atoms with Crippen LogP contribution >= 0.6 is 0 Å². The van der Waals surface area contributed by atoms with E-state index >= 15 is 0 Å². The van der Waals surface area contributed by atoms with Gasteiger partial charge in [0.1, 0.15) is 6.04 Å². The highest BCUT2D eigenvalue weighted by Crippen LogP contribution is 2.18. The molecule has 1 fully saturated rings. The Labute approximate surface area is 101 Å². The third-order valence-electron chi connectivity index (χ3n) is 3.26. The number of rotatable bonds is 2. The van der Waals surface area contributed by atoms with E-state index in [4.69, 9.17) is 9.84 Å². The molecule has 1 amide bonds. The summed E-state index contributed by atoms with van der Waals surface area (Å²) in [6.45, 7) is 6.57. The van der Waals surface area contributed by atoms with Crippen LogP contribution in [0.5, 0.6) is 0 Å². The SMILES string of the molecule is COC(=O)C(C)N1CC(C)N(C(=O)O)C(C)C1. The third kappa shape index (κ3) is 2.88. The second-order valence-corrected chi connectivity index (χ2v) is 4.54. The van der Waals surface area contributed by atoms with Crippen molar-refractivity contribution in [1.29, 1.82) is 0 Å². The van der Waals surface area contributed by atoms with Crippen LogP contribution in [0.25, 0.3) is 0 Å². The maximum atomic E-state index is 11.4. The predicted molar refractivity (Wildman–Crippen MR) is 61.8 cm³/mol. The van der Waals surface area contributed by atoms with Crippen molar-refractivity contribution in [3.05, 3.63) is 0 Å². The van der Waals surface area contributed by atoms with Gasteiger partial charge in [-0.15, -0.1) is 0 Å². The van der Waals surface area contributed by atoms with Crippen LogP contribution in [0.15, 0.2) is 0 Å². The molecule has 17 heavy (non-hydrogen) atoms. The molecule has 1 aliphatic rings. The zero-order chi connectivity index (χ0) is 13.2. The Balaban J connectivity index is 2.71. The van der Waals surface area contributed by atoms with Gasteiger partial charge < -0.3 is 14.7 Å². The van der Waals surface area contributed by atoms with Gasteiger partial charge in [0.15, 0.2) is 0 Å². The minimum absolute atomic E-state index is 0.122. The molecular formula is C11H20N2O4. The molecule has 1 saturated heterocycles. The number of carbonyl (C=O) groups is 2. The van der Waals surface area contributed by atoms with Crippen LogP contribution in [0.3, 0.4) is 0 Å². The first-order valence-electron chi connectivity index (χ1n) is 5.71. The van der Waals surface area contributed by atoms with Crippen molar-refractivity contribution in [2.24, 2.45) is 0 Å². The Kier molecular flexibility index (Phi) is 4.34. The van der Waals surface area contributed by atoms with Gasteiger partial charge in [-0.25, -0.2) is 4.79 Å². The van der Waals surface area contributed by atoms with Crippen molar-refractivity contribution in [1.82, 2.24) is 9.80 Å². The summed E-state index contributed by atoms with van der Waals surface area (Å²) in [4.78, 5) is 25.9. The molecule has 1 N–H and O–H groups in total. The van der Waals surface area contributed by atoms with Crippen molar-refractivity contribution < 1.29 is 19.4 Å². The van der Waals surface area contributed by atoms with E-state index in [1.54, 1.807) is 6.92 Å². The molecule has 0 radical (unpaired) electrons. The first-order chi connectivity index (χ1) is 7.88. The first-order valence-corrected chi connectivity index (χ1v) is 5.71. The van der Waals surface area contributed by atoms with Crippen LogP contribution < -0.4 is 0 Å². The maximum Gasteiger partial charge on any atom is 0.407 e. The number of carboxylic acid groups (broad SMARTS) is 1. The Bertz CT molecular complexity index is 296. The van der Waals surface area contributed by atoms with E-state index in [9.17, 15) is 9.59 Å². The molecule has 0 aromatic carbocycles. The van der Waals surface area contributed by atoms with Gasteiger partial charge in [0.2, 0.25) is 0 Å². The largest absolute Gasteiger partial charge is 0.468 e. The van der Waals surface area contributed by atoms with Crippen molar-refractivity contribution in [2.45, 2.75) is 38.9 Å². The van der Waals surface area contributed by atoms with Gasteiger partial charge in [-0.05, 0) is 20.8 Å². The number of ether oxygens (including phenoxy) is 1. The van der Waals surface area contributed by atoms with Gasteiger partial charge in [0.05, 0.1) is 7.11 Å². The van der Waals surface area contributed by atoms with Gasteiger partial charge in [0.25, 0.3) is 0 Å². The van der Waals surface area contributed by atoms with E-state index in [2.05, 4.69) is 0 Å². The van der Waals surface area contributed by atoms with Crippen LogP contribution in [0.2, 0.25) is 0 Å². The van der Waals surface area contributed by atoms with Crippen LogP contribution in [0.4, 0.5) is 4.79 Å². The Morgan fingerprint density at radius 1 is 1.29 bits per heavy atom. The molecule has 0 aromatic heterocycles. The molecule has 0 bridgehead atoms. The first kappa shape index (κ1) is 13.8. The van der Waals surface area contributed by atoms with E-state index in [1.807, 2.05) is 18.7 Å². The number of piperazine rings is 1. The van der Waals surface area contributed by atoms with Gasteiger partial charge >= 0.3 is 12.1 Å². The zero-order valence-corrected chi connectivity index (χ0v) is 10.7. The Morgan fingerprint density at radius 2 is 1.76 bits per heavy atom. The fraction of sp³-hybridized carbons (Fsp3) is 0.818. The van der Waals surface area contributed by atoms with E-state index in [1.165, 1.54) is 12.0 Å². The molecule has 6 nitrogen and oxygen atoms in total. The van der Waals surface area contributed by atoms with Gasteiger partial charge in [-0.3, -0.25) is 9.69 Å². The minimum Gasteiger partial charge on any atom is -0.468 e. The van der Waals surface area contributed by atoms with Crippen LogP contribution in [-0.2, 0) is 9.53 Å². The van der Waals surface area contributed by atoms with Gasteiger partial charge in [0, 0.05) is 25.2 Å². The predicted octanol–water partition coefficient (Wildman–Crippen LogP) is 0.621. The maximum absolute atomic E-state index is 11.4. The van der Waals surface area contributed by atoms with E-state index in [-0.39, 0.29) is 24.1 Å². The van der Waals surface area contributed by atoms with Crippen molar-refractivity contribution in [3.63, 3.8) is 0 Å². The molecule has 1 heterocycles. The average Bonchev–Trinajstić information content (AvgIpc) is 2.25. The molecule has 1 rings (SSSR count). The molecule has 0 aromatic rings. The van der Waals surface area contributed by atoms with E-state index in [0.29, 0.717) is 13.1 Å². The highest BCUT2D eigenvalue weighted by Gasteiger charge is 2.36. The summed E-state index contributed by atoms with van der Waals surface area (Å²) >= 11 is 0. The van der Waals surface area contributed by atoms with E-state index < -0.39 is 6.09 Å². The molecule has 0 saturated carbocycles. The quantitative estimate of drug-likeness (QED) is 0.721. The van der Waals surface area contributed by atoms with Crippen LogP contribution in [0, 0.1) is 0 Å². The fourth-order valence-corrected chi connectivity index (χ4v) is 2.38. The average molecular weight is 244 g/mol. The summed E-state index contributed by atoms with van der Waals surface area (Å²) in [5.74, 6) is -0.284. The third-order valence-corrected chi connectivity index (χ3v) is 3.26. The van der Waals surface area contributed by atoms with Crippen molar-refractivity contribution >= 4 is 12.1 Å². The standard InChI is InChI=1S/C11H20N2O4/c1-7-5-12(9(3)10(14)17-4)6-8(2)13(7)11(15)16/h7-9H,5-6H2,1-4H3,(H,15,16). The van der Waals surface area contributed by atoms with Crippen molar-refractivity contribution in [3.8, 4) is 0 Å². The second-order valence-electron chi connectivity index (χ2n) is 4.54. The Hall–Kier alpha value is -1.30. The fourth-order valence-electron chi connectivity index (χ4n) is 2.38. The molecule has 0 aliphatic carbocycles. The lowest BCUT2D eigenvalue weighted by atomic mass is 10.1. The molecule has 0 spiro atoms. The minimum atomic E-state index is -0.907. The summed E-state index contributed by atoms with van der Waals surface area (Å²) < 4.78 is 4.70. The summed E-state index contributed by atoms with van der Waals surface area (Å²) in [6.07, 6.45) is -0.907. The number of esters is 1. The molecule has 1 aliphatic heterocycles. The van der Waals surface area contributed by atoms with Crippen molar-refractivity contribution in [2.75, 3.05) is 20.2 Å². The van der Waals surface area contributed by atoms with Gasteiger partial charge in [-0.2, -0.15) is 0 Å². The molecular weight excluding hydrogens is 224 g/mol. The summed E-state index contributed by atoms with van der Waals surface area (Å²) in [5.41, 5.74) is 0. The summed E-state index contributed by atoms with van der Waals surface area (Å²) in [7, 11) is 1.36. The molecule has 3 unspecified atom stereocenters. The zero-order valence-electron chi connectivity index (χ0n) is 10.7. The number of nitrogens with zero attached hydrogens (tertiary/aromatic N) is 2. The normalized spacial score (nSPS) is 27.6. The highest BCUT2D eigenvalue weighted by atomic mass is 16.5. The summed E-state index contributed by atoms with van der Waals surface area (Å²) in [5, 5.41) is 9.08. The number of methoxy groups -OCH3 is 1. The smallest absolute Gasteiger partial charge is 0.407 e. The highest BCUT2D eigenvalue weighted by molar-refractivity contribution is 5.75. The van der Waals surface area contributed by atoms with Crippen LogP contribution in [-0.4, -0.2) is 65.3 Å². The van der Waals surface area contributed by atoms with E-state index in [0.717, 1.165) is 0 Å². The van der Waals surface area contributed by atoms with Crippen LogP contribution in [0.1, 0.15) is 20.8 Å². The molecule has 3 atom stereocenters. The summed E-state index contributed by atoms with van der Waals surface area (Å²) in [6, 6.07) is -0.576. The number of hydrogen-bond acceptors (Lipinski definition) is 4. The molecule has 98 valence electrons. The van der Waals surface area contributed by atoms with Gasteiger partial charge in [-0.1, -0.05) is 0 Å². The lowest BCUT2D eigenvalue weighted by Gasteiger charge is -2.44. The number of amides is 1. The Morgan fingerprint density at radius 3 is 2.12 bits per heavy atom. The lowest BCUT2D eigenvalue weighted by Crippen LogP contribution is -2.61. The number of carbonyl (C=O) groups excluding carboxylic acids is 1. The number of hydrogen-bond donors (Lipinski definition) is 1. The molecule has 6 heteroatoms. The topological polar surface area (TPSA) is 70.1 Å². The second kappa shape index (κ2) is 5.35. The monoisotopic (exact) mass is 244 g/mol.